The Bertz CT molecular complexity index is 1240. The van der Waals surface area contributed by atoms with E-state index in [2.05, 4.69) is 9.62 Å². The van der Waals surface area contributed by atoms with Gasteiger partial charge in [0, 0.05) is 30.7 Å². The van der Waals surface area contributed by atoms with Crippen molar-refractivity contribution in [1.29, 1.82) is 0 Å². The number of nitrogens with zero attached hydrogens (tertiary/aromatic N) is 3. The number of carbonyl (C=O) groups is 2. The molecule has 2 aromatic carbocycles. The van der Waals surface area contributed by atoms with E-state index in [1.165, 1.54) is 23.8 Å². The lowest BCUT2D eigenvalue weighted by Gasteiger charge is -2.38. The minimum Gasteiger partial charge on any atom is -0.341 e. The van der Waals surface area contributed by atoms with Gasteiger partial charge in [-0.2, -0.15) is 4.72 Å². The first kappa shape index (κ1) is 25.4. The Kier molecular flexibility index (Phi) is 7.53. The third-order valence-electron chi connectivity index (χ3n) is 7.71. The second kappa shape index (κ2) is 10.7. The van der Waals surface area contributed by atoms with Gasteiger partial charge in [0.15, 0.2) is 0 Å². The Labute approximate surface area is 217 Å². The molecule has 3 saturated heterocycles. The van der Waals surface area contributed by atoms with E-state index in [9.17, 15) is 18.0 Å². The fraction of sp³-hybridized carbons (Fsp3) is 0.538. The number of carbonyl (C=O) groups excluding carboxylic acids is 2. The van der Waals surface area contributed by atoms with Crippen LogP contribution in [0.3, 0.4) is 0 Å². The van der Waals surface area contributed by atoms with Crippen LogP contribution in [0, 0.1) is 0 Å². The van der Waals surface area contributed by atoms with Gasteiger partial charge in [-0.15, -0.1) is 0 Å². The van der Waals surface area contributed by atoms with Gasteiger partial charge in [-0.05, 0) is 86.7 Å². The van der Waals surface area contributed by atoms with Gasteiger partial charge < -0.3 is 14.7 Å². The number of fused-ring (bicyclic) bond motifs is 1. The van der Waals surface area contributed by atoms with Crippen LogP contribution < -0.4 is 4.72 Å². The van der Waals surface area contributed by atoms with Gasteiger partial charge in [0.25, 0.3) is 0 Å². The van der Waals surface area contributed by atoms with E-state index >= 15 is 0 Å². The maximum atomic E-state index is 13.1. The lowest BCUT2D eigenvalue weighted by Crippen LogP contribution is -2.55. The van der Waals surface area contributed by atoms with Crippen molar-refractivity contribution in [3.05, 3.63) is 41.4 Å². The van der Waals surface area contributed by atoms with E-state index in [0.717, 1.165) is 36.7 Å². The summed E-state index contributed by atoms with van der Waals surface area (Å²) in [5.41, 5.74) is 0. The maximum absolute atomic E-state index is 13.1. The molecule has 3 heterocycles. The van der Waals surface area contributed by atoms with Crippen molar-refractivity contribution in [2.24, 2.45) is 0 Å². The molecule has 0 bridgehead atoms. The van der Waals surface area contributed by atoms with Crippen LogP contribution in [0.25, 0.3) is 10.8 Å². The number of amides is 2. The van der Waals surface area contributed by atoms with Gasteiger partial charge in [-0.1, -0.05) is 23.7 Å². The summed E-state index contributed by atoms with van der Waals surface area (Å²) in [6.07, 6.45) is 5.51. The van der Waals surface area contributed by atoms with Crippen molar-refractivity contribution in [2.75, 3.05) is 39.3 Å². The number of hydrogen-bond donors (Lipinski definition) is 1. The minimum absolute atomic E-state index is 0.00216. The van der Waals surface area contributed by atoms with Gasteiger partial charge in [0.1, 0.15) is 6.04 Å². The van der Waals surface area contributed by atoms with E-state index in [4.69, 9.17) is 11.6 Å². The minimum atomic E-state index is -3.91. The highest BCUT2D eigenvalue weighted by atomic mass is 35.5. The van der Waals surface area contributed by atoms with Crippen molar-refractivity contribution >= 4 is 44.2 Å². The van der Waals surface area contributed by atoms with Crippen LogP contribution in [-0.2, 0) is 19.6 Å². The van der Waals surface area contributed by atoms with Crippen LogP contribution in [0.15, 0.2) is 41.3 Å². The first-order chi connectivity index (χ1) is 17.3. The Hall–Kier alpha value is -2.20. The predicted molar refractivity (Wildman–Crippen MR) is 139 cm³/mol. The molecule has 5 rings (SSSR count). The average molecular weight is 533 g/mol. The summed E-state index contributed by atoms with van der Waals surface area (Å²) in [4.78, 5) is 32.1. The normalized spacial score (nSPS) is 22.5. The zero-order chi connectivity index (χ0) is 25.3. The highest BCUT2D eigenvalue weighted by Gasteiger charge is 2.35. The topological polar surface area (TPSA) is 90.0 Å². The maximum Gasteiger partial charge on any atom is 0.242 e. The molecular weight excluding hydrogens is 500 g/mol. The zero-order valence-corrected chi connectivity index (χ0v) is 21.9. The van der Waals surface area contributed by atoms with Gasteiger partial charge >= 0.3 is 0 Å². The lowest BCUT2D eigenvalue weighted by atomic mass is 10.0. The summed E-state index contributed by atoms with van der Waals surface area (Å²) in [6, 6.07) is 9.73. The second-order valence-electron chi connectivity index (χ2n) is 10.1. The molecule has 1 atom stereocenters. The number of nitrogens with one attached hydrogen (secondary N) is 1. The third kappa shape index (κ3) is 5.54. The van der Waals surface area contributed by atoms with Crippen molar-refractivity contribution < 1.29 is 18.0 Å². The molecule has 3 aliphatic rings. The molecule has 0 aromatic heterocycles. The van der Waals surface area contributed by atoms with Crippen LogP contribution in [-0.4, -0.2) is 86.3 Å². The van der Waals surface area contributed by atoms with E-state index < -0.39 is 16.1 Å². The molecule has 36 heavy (non-hydrogen) atoms. The molecule has 194 valence electrons. The number of halogens is 1. The van der Waals surface area contributed by atoms with Gasteiger partial charge in [0.2, 0.25) is 21.8 Å². The third-order valence-corrected chi connectivity index (χ3v) is 9.42. The number of likely N-dealkylation sites (tertiary alicyclic amines) is 3. The van der Waals surface area contributed by atoms with E-state index in [1.54, 1.807) is 30.3 Å². The van der Waals surface area contributed by atoms with Gasteiger partial charge in [-0.25, -0.2) is 8.42 Å². The molecule has 3 aliphatic heterocycles. The van der Waals surface area contributed by atoms with E-state index in [-0.39, 0.29) is 23.3 Å². The van der Waals surface area contributed by atoms with Crippen LogP contribution in [0.5, 0.6) is 0 Å². The zero-order valence-electron chi connectivity index (χ0n) is 20.4. The summed E-state index contributed by atoms with van der Waals surface area (Å²) < 4.78 is 28.8. The number of benzene rings is 2. The SMILES string of the molecule is O=C(CN1CCC[C@H](NS(=O)(=O)c2ccc3cc(Cl)ccc3c2)C1=O)N1CCC(N2CCCC2)CC1. The van der Waals surface area contributed by atoms with Crippen molar-refractivity contribution in [3.8, 4) is 0 Å². The molecule has 0 aliphatic carbocycles. The molecule has 8 nitrogen and oxygen atoms in total. The first-order valence-corrected chi connectivity index (χ1v) is 14.7. The van der Waals surface area contributed by atoms with Crippen LogP contribution in [0.1, 0.15) is 38.5 Å². The van der Waals surface area contributed by atoms with Crippen molar-refractivity contribution in [3.63, 3.8) is 0 Å². The smallest absolute Gasteiger partial charge is 0.242 e. The van der Waals surface area contributed by atoms with Crippen molar-refractivity contribution in [1.82, 2.24) is 19.4 Å². The highest BCUT2D eigenvalue weighted by Crippen LogP contribution is 2.24. The Morgan fingerprint density at radius 1 is 0.917 bits per heavy atom. The molecular formula is C26H33ClN4O4S. The largest absolute Gasteiger partial charge is 0.341 e. The van der Waals surface area contributed by atoms with E-state index in [0.29, 0.717) is 43.5 Å². The first-order valence-electron chi connectivity index (χ1n) is 12.8. The molecule has 1 N–H and O–H groups in total. The average Bonchev–Trinajstić information content (AvgIpc) is 3.41. The Morgan fingerprint density at radius 2 is 1.61 bits per heavy atom. The quantitative estimate of drug-likeness (QED) is 0.618. The second-order valence-corrected chi connectivity index (χ2v) is 12.2. The molecule has 0 saturated carbocycles. The Balaban J connectivity index is 1.19. The lowest BCUT2D eigenvalue weighted by molar-refractivity contribution is -0.143. The molecule has 0 spiro atoms. The summed E-state index contributed by atoms with van der Waals surface area (Å²) >= 11 is 6.02. The monoisotopic (exact) mass is 532 g/mol. The summed E-state index contributed by atoms with van der Waals surface area (Å²) in [5.74, 6) is -0.391. The van der Waals surface area contributed by atoms with Crippen LogP contribution >= 0.6 is 11.6 Å². The fourth-order valence-corrected chi connectivity index (χ4v) is 7.11. The molecule has 3 fully saturated rings. The molecule has 2 aromatic rings. The Morgan fingerprint density at radius 3 is 2.36 bits per heavy atom. The number of hydrogen-bond acceptors (Lipinski definition) is 5. The van der Waals surface area contributed by atoms with Gasteiger partial charge in [0.05, 0.1) is 11.4 Å². The van der Waals surface area contributed by atoms with Crippen molar-refractivity contribution in [2.45, 2.75) is 55.5 Å². The number of rotatable bonds is 6. The summed E-state index contributed by atoms with van der Waals surface area (Å²) in [7, 11) is -3.91. The predicted octanol–water partition coefficient (Wildman–Crippen LogP) is 2.85. The molecule has 0 unspecified atom stereocenters. The standard InChI is InChI=1S/C26H33ClN4O4S/c27-21-7-5-20-17-23(8-6-19(20)16-21)36(34,35)28-24-4-3-13-31(26(24)33)18-25(32)30-14-9-22(10-15-30)29-11-1-2-12-29/h5-8,16-17,22,24,28H,1-4,9-15,18H2/t24-/m0/s1. The number of sulfonamides is 1. The van der Waals surface area contributed by atoms with E-state index in [1.807, 2.05) is 4.90 Å². The summed E-state index contributed by atoms with van der Waals surface area (Å²) in [6.45, 7) is 4.21. The highest BCUT2D eigenvalue weighted by molar-refractivity contribution is 7.89. The fourth-order valence-electron chi connectivity index (χ4n) is 5.67. The van der Waals surface area contributed by atoms with Gasteiger partial charge in [-0.3, -0.25) is 9.59 Å². The molecule has 2 amide bonds. The number of piperidine rings is 2. The van der Waals surface area contributed by atoms with Crippen LogP contribution in [0.4, 0.5) is 0 Å². The molecule has 10 heteroatoms. The van der Waals surface area contributed by atoms with Crippen LogP contribution in [0.2, 0.25) is 5.02 Å². The summed E-state index contributed by atoms with van der Waals surface area (Å²) in [5, 5.41) is 2.16. The molecule has 0 radical (unpaired) electrons.